The van der Waals surface area contributed by atoms with Gasteiger partial charge >= 0.3 is 0 Å². The fourth-order valence-corrected chi connectivity index (χ4v) is 1.27. The van der Waals surface area contributed by atoms with Crippen molar-refractivity contribution in [2.24, 2.45) is 5.41 Å². The number of hydrogen-bond donors (Lipinski definition) is 1. The molecule has 0 rings (SSSR count). The standard InChI is InChI=1S/C12H28N2/c1-12(2,3)8-10-13-9-6-7-11-14(4)5/h13H,6-11H2,1-5H3. The fraction of sp³-hybridized carbons (Fsp3) is 1.00. The molecule has 14 heavy (non-hydrogen) atoms. The topological polar surface area (TPSA) is 15.3 Å². The Morgan fingerprint density at radius 1 is 1.00 bits per heavy atom. The summed E-state index contributed by atoms with van der Waals surface area (Å²) in [5.74, 6) is 0. The predicted octanol–water partition coefficient (Wildman–Crippen LogP) is 2.35. The van der Waals surface area contributed by atoms with E-state index in [0.717, 1.165) is 6.54 Å². The minimum absolute atomic E-state index is 0.469. The number of nitrogens with zero attached hydrogens (tertiary/aromatic N) is 1. The summed E-state index contributed by atoms with van der Waals surface area (Å²) in [5.41, 5.74) is 0.469. The van der Waals surface area contributed by atoms with Crippen molar-refractivity contribution in [2.45, 2.75) is 40.0 Å². The zero-order valence-electron chi connectivity index (χ0n) is 10.7. The first-order valence-electron chi connectivity index (χ1n) is 5.77. The summed E-state index contributed by atoms with van der Waals surface area (Å²) in [6.07, 6.45) is 3.86. The van der Waals surface area contributed by atoms with E-state index in [1.807, 2.05) is 0 Å². The maximum absolute atomic E-state index is 3.50. The van der Waals surface area contributed by atoms with Crippen molar-refractivity contribution in [1.82, 2.24) is 10.2 Å². The number of rotatable bonds is 7. The quantitative estimate of drug-likeness (QED) is 0.635. The number of hydrogen-bond acceptors (Lipinski definition) is 2. The average Bonchev–Trinajstić information content (AvgIpc) is 2.00. The van der Waals surface area contributed by atoms with Crippen LogP contribution in [0.5, 0.6) is 0 Å². The second-order valence-corrected chi connectivity index (χ2v) is 5.57. The van der Waals surface area contributed by atoms with E-state index in [1.54, 1.807) is 0 Å². The Hall–Kier alpha value is -0.0800. The minimum atomic E-state index is 0.469. The maximum atomic E-state index is 3.50. The van der Waals surface area contributed by atoms with Crippen molar-refractivity contribution in [2.75, 3.05) is 33.7 Å². The Morgan fingerprint density at radius 2 is 1.64 bits per heavy atom. The van der Waals surface area contributed by atoms with E-state index in [0.29, 0.717) is 5.41 Å². The molecule has 2 heteroatoms. The first-order chi connectivity index (χ1) is 6.42. The van der Waals surface area contributed by atoms with Gasteiger partial charge in [-0.1, -0.05) is 20.8 Å². The van der Waals surface area contributed by atoms with Crippen molar-refractivity contribution in [3.63, 3.8) is 0 Å². The summed E-state index contributed by atoms with van der Waals surface area (Å²) in [4.78, 5) is 2.25. The van der Waals surface area contributed by atoms with Crippen LogP contribution in [0.15, 0.2) is 0 Å². The second kappa shape index (κ2) is 7.24. The summed E-state index contributed by atoms with van der Waals surface area (Å²) >= 11 is 0. The van der Waals surface area contributed by atoms with Gasteiger partial charge in [0.1, 0.15) is 0 Å². The lowest BCUT2D eigenvalue weighted by Gasteiger charge is -2.18. The lowest BCUT2D eigenvalue weighted by Crippen LogP contribution is -2.22. The number of unbranched alkanes of at least 4 members (excludes halogenated alkanes) is 1. The zero-order chi connectivity index (χ0) is 11.0. The number of nitrogens with one attached hydrogen (secondary N) is 1. The van der Waals surface area contributed by atoms with Gasteiger partial charge in [-0.2, -0.15) is 0 Å². The van der Waals surface area contributed by atoms with Crippen LogP contribution in [0.1, 0.15) is 40.0 Å². The largest absolute Gasteiger partial charge is 0.317 e. The molecule has 86 valence electrons. The molecule has 0 saturated heterocycles. The van der Waals surface area contributed by atoms with Crippen molar-refractivity contribution in [1.29, 1.82) is 0 Å². The lowest BCUT2D eigenvalue weighted by atomic mass is 9.92. The van der Waals surface area contributed by atoms with Gasteiger partial charge in [-0.05, 0) is 58.4 Å². The molecule has 2 nitrogen and oxygen atoms in total. The van der Waals surface area contributed by atoms with Crippen molar-refractivity contribution < 1.29 is 0 Å². The summed E-state index contributed by atoms with van der Waals surface area (Å²) in [6.45, 7) is 10.4. The van der Waals surface area contributed by atoms with E-state index in [2.05, 4.69) is 45.1 Å². The van der Waals surface area contributed by atoms with Gasteiger partial charge in [-0.25, -0.2) is 0 Å². The molecule has 0 fully saturated rings. The fourth-order valence-electron chi connectivity index (χ4n) is 1.27. The molecular weight excluding hydrogens is 172 g/mol. The summed E-state index contributed by atoms with van der Waals surface area (Å²) < 4.78 is 0. The molecule has 0 amide bonds. The molecule has 0 heterocycles. The first kappa shape index (κ1) is 13.9. The van der Waals surface area contributed by atoms with Crippen LogP contribution in [0, 0.1) is 5.41 Å². The van der Waals surface area contributed by atoms with Gasteiger partial charge in [0.15, 0.2) is 0 Å². The van der Waals surface area contributed by atoms with E-state index in [1.165, 1.54) is 32.4 Å². The third-order valence-corrected chi connectivity index (χ3v) is 2.26. The lowest BCUT2D eigenvalue weighted by molar-refractivity contribution is 0.361. The van der Waals surface area contributed by atoms with Crippen molar-refractivity contribution in [3.05, 3.63) is 0 Å². The van der Waals surface area contributed by atoms with Crippen LogP contribution in [-0.2, 0) is 0 Å². The van der Waals surface area contributed by atoms with E-state index in [4.69, 9.17) is 0 Å². The second-order valence-electron chi connectivity index (χ2n) is 5.57. The molecule has 0 aromatic carbocycles. The Labute approximate surface area is 90.1 Å². The Balaban J connectivity index is 3.07. The normalized spacial score (nSPS) is 12.4. The molecule has 0 aliphatic rings. The van der Waals surface area contributed by atoms with Crippen LogP contribution in [0.4, 0.5) is 0 Å². The molecule has 0 bridgehead atoms. The monoisotopic (exact) mass is 200 g/mol. The van der Waals surface area contributed by atoms with Crippen LogP contribution in [0.2, 0.25) is 0 Å². The highest BCUT2D eigenvalue weighted by atomic mass is 15.0. The maximum Gasteiger partial charge on any atom is -0.00244 e. The van der Waals surface area contributed by atoms with Gasteiger partial charge in [0, 0.05) is 0 Å². The molecule has 0 radical (unpaired) electrons. The molecule has 0 spiro atoms. The first-order valence-corrected chi connectivity index (χ1v) is 5.77. The summed E-state index contributed by atoms with van der Waals surface area (Å²) in [6, 6.07) is 0. The van der Waals surface area contributed by atoms with Crippen LogP contribution >= 0.6 is 0 Å². The van der Waals surface area contributed by atoms with Gasteiger partial charge in [-0.15, -0.1) is 0 Å². The minimum Gasteiger partial charge on any atom is -0.317 e. The van der Waals surface area contributed by atoms with Crippen LogP contribution in [0.25, 0.3) is 0 Å². The van der Waals surface area contributed by atoms with E-state index < -0.39 is 0 Å². The molecule has 0 aromatic heterocycles. The third kappa shape index (κ3) is 11.9. The predicted molar refractivity (Wildman–Crippen MR) is 64.7 cm³/mol. The molecule has 1 N–H and O–H groups in total. The summed E-state index contributed by atoms with van der Waals surface area (Å²) in [7, 11) is 4.26. The molecule has 0 unspecified atom stereocenters. The highest BCUT2D eigenvalue weighted by Gasteiger charge is 2.08. The van der Waals surface area contributed by atoms with E-state index >= 15 is 0 Å². The summed E-state index contributed by atoms with van der Waals surface area (Å²) in [5, 5.41) is 3.50. The highest BCUT2D eigenvalue weighted by molar-refractivity contribution is 4.63. The zero-order valence-corrected chi connectivity index (χ0v) is 10.7. The smallest absolute Gasteiger partial charge is 0.00244 e. The van der Waals surface area contributed by atoms with Crippen molar-refractivity contribution >= 4 is 0 Å². The van der Waals surface area contributed by atoms with Gasteiger partial charge in [0.2, 0.25) is 0 Å². The average molecular weight is 200 g/mol. The van der Waals surface area contributed by atoms with Crippen LogP contribution in [-0.4, -0.2) is 38.6 Å². The molecule has 0 aromatic rings. The van der Waals surface area contributed by atoms with Crippen LogP contribution in [0.3, 0.4) is 0 Å². The Kier molecular flexibility index (Phi) is 7.20. The van der Waals surface area contributed by atoms with Gasteiger partial charge in [0.05, 0.1) is 0 Å². The SMILES string of the molecule is CN(C)CCCCNCCC(C)(C)C. The van der Waals surface area contributed by atoms with E-state index in [-0.39, 0.29) is 0 Å². The van der Waals surface area contributed by atoms with Gasteiger partial charge in [-0.3, -0.25) is 0 Å². The third-order valence-electron chi connectivity index (χ3n) is 2.26. The molecule has 0 saturated carbocycles. The molecule has 0 aliphatic heterocycles. The molecule has 0 aliphatic carbocycles. The Morgan fingerprint density at radius 3 is 2.14 bits per heavy atom. The van der Waals surface area contributed by atoms with Crippen LogP contribution < -0.4 is 5.32 Å². The van der Waals surface area contributed by atoms with Gasteiger partial charge in [0.25, 0.3) is 0 Å². The molecular formula is C12H28N2. The Bertz CT molecular complexity index is 125. The molecule has 0 atom stereocenters. The van der Waals surface area contributed by atoms with Gasteiger partial charge < -0.3 is 10.2 Å². The van der Waals surface area contributed by atoms with Crippen molar-refractivity contribution in [3.8, 4) is 0 Å². The highest BCUT2D eigenvalue weighted by Crippen LogP contribution is 2.16. The van der Waals surface area contributed by atoms with E-state index in [9.17, 15) is 0 Å².